The summed E-state index contributed by atoms with van der Waals surface area (Å²) in [6.07, 6.45) is 4.50. The fraction of sp³-hybridized carbons (Fsp3) is 0.611. The number of ether oxygens (including phenoxy) is 2. The van der Waals surface area contributed by atoms with Gasteiger partial charge in [-0.25, -0.2) is 0 Å². The van der Waals surface area contributed by atoms with E-state index in [1.54, 1.807) is 0 Å². The van der Waals surface area contributed by atoms with Crippen molar-refractivity contribution in [1.82, 2.24) is 10.2 Å². The van der Waals surface area contributed by atoms with Crippen LogP contribution in [0.3, 0.4) is 0 Å². The molecular weight excluding hydrogens is 328 g/mol. The Morgan fingerprint density at radius 2 is 2.25 bits per heavy atom. The van der Waals surface area contributed by atoms with Crippen LogP contribution in [0.15, 0.2) is 24.3 Å². The van der Waals surface area contributed by atoms with E-state index in [2.05, 4.69) is 5.32 Å². The number of carbonyl (C=O) groups is 1. The fourth-order valence-electron chi connectivity index (χ4n) is 3.40. The third kappa shape index (κ3) is 4.62. The van der Waals surface area contributed by atoms with Gasteiger partial charge in [0.15, 0.2) is 0 Å². The average Bonchev–Trinajstić information content (AvgIpc) is 3.24. The molecule has 0 aliphatic carbocycles. The van der Waals surface area contributed by atoms with Crippen molar-refractivity contribution in [3.8, 4) is 5.75 Å². The summed E-state index contributed by atoms with van der Waals surface area (Å²) in [5, 5.41) is 3.18. The maximum absolute atomic E-state index is 12.8. The molecule has 2 saturated heterocycles. The van der Waals surface area contributed by atoms with Gasteiger partial charge in [-0.1, -0.05) is 6.07 Å². The Morgan fingerprint density at radius 1 is 1.38 bits per heavy atom. The third-order valence-corrected chi connectivity index (χ3v) is 4.62. The molecule has 2 aliphatic rings. The number of halogens is 1. The van der Waals surface area contributed by atoms with Crippen LogP contribution in [0.5, 0.6) is 5.75 Å². The van der Waals surface area contributed by atoms with Crippen LogP contribution in [0.1, 0.15) is 36.0 Å². The fourth-order valence-corrected chi connectivity index (χ4v) is 3.40. The Labute approximate surface area is 150 Å². The maximum atomic E-state index is 12.8. The lowest BCUT2D eigenvalue weighted by Gasteiger charge is -2.24. The van der Waals surface area contributed by atoms with Crippen LogP contribution in [0, 0.1) is 0 Å². The summed E-state index contributed by atoms with van der Waals surface area (Å²) in [6.45, 7) is 3.07. The van der Waals surface area contributed by atoms with E-state index in [0.717, 1.165) is 51.1 Å². The van der Waals surface area contributed by atoms with E-state index in [1.807, 2.05) is 36.2 Å². The van der Waals surface area contributed by atoms with Crippen LogP contribution in [0.25, 0.3) is 0 Å². The smallest absolute Gasteiger partial charge is 0.254 e. The standard InChI is InChI=1S/C18H26N2O3.ClH/c1-19-12-15-6-3-9-20(15)18(21)14-5-2-7-16(11-14)23-13-17-8-4-10-22-17;/h2,5,7,11,15,17,19H,3-4,6,8-10,12-13H2,1H3;1H. The summed E-state index contributed by atoms with van der Waals surface area (Å²) in [4.78, 5) is 14.7. The van der Waals surface area contributed by atoms with Gasteiger partial charge in [0.1, 0.15) is 12.4 Å². The molecule has 0 spiro atoms. The molecule has 2 unspecified atom stereocenters. The normalized spacial score (nSPS) is 23.1. The van der Waals surface area contributed by atoms with Gasteiger partial charge in [-0.2, -0.15) is 0 Å². The van der Waals surface area contributed by atoms with Crippen molar-refractivity contribution in [1.29, 1.82) is 0 Å². The van der Waals surface area contributed by atoms with Gasteiger partial charge in [-0.05, 0) is 50.9 Å². The number of nitrogens with zero attached hydrogens (tertiary/aromatic N) is 1. The van der Waals surface area contributed by atoms with Gasteiger partial charge in [0.25, 0.3) is 5.91 Å². The molecule has 1 aromatic carbocycles. The van der Waals surface area contributed by atoms with Gasteiger partial charge in [0, 0.05) is 31.3 Å². The van der Waals surface area contributed by atoms with Crippen molar-refractivity contribution in [2.45, 2.75) is 37.8 Å². The minimum atomic E-state index is 0. The van der Waals surface area contributed by atoms with E-state index >= 15 is 0 Å². The molecular formula is C18H27ClN2O3. The van der Waals surface area contributed by atoms with Crippen molar-refractivity contribution in [2.24, 2.45) is 0 Å². The number of likely N-dealkylation sites (tertiary alicyclic amines) is 1. The van der Waals surface area contributed by atoms with Crippen LogP contribution in [-0.4, -0.2) is 56.3 Å². The van der Waals surface area contributed by atoms with E-state index in [4.69, 9.17) is 9.47 Å². The first kappa shape index (κ1) is 19.0. The van der Waals surface area contributed by atoms with Crippen LogP contribution in [0.4, 0.5) is 0 Å². The van der Waals surface area contributed by atoms with Gasteiger partial charge in [0.2, 0.25) is 0 Å². The number of carbonyl (C=O) groups excluding carboxylic acids is 1. The van der Waals surface area contributed by atoms with Gasteiger partial charge in [-0.15, -0.1) is 12.4 Å². The van der Waals surface area contributed by atoms with E-state index in [9.17, 15) is 4.79 Å². The monoisotopic (exact) mass is 354 g/mol. The second-order valence-corrected chi connectivity index (χ2v) is 6.33. The molecule has 134 valence electrons. The molecule has 1 amide bonds. The number of benzene rings is 1. The number of rotatable bonds is 6. The molecule has 3 rings (SSSR count). The predicted octanol–water partition coefficient (Wildman–Crippen LogP) is 2.49. The number of likely N-dealkylation sites (N-methyl/N-ethyl adjacent to an activating group) is 1. The largest absolute Gasteiger partial charge is 0.491 e. The SMILES string of the molecule is CNCC1CCCN1C(=O)c1cccc(OCC2CCCO2)c1.Cl. The van der Waals surface area contributed by atoms with Gasteiger partial charge in [-0.3, -0.25) is 4.79 Å². The van der Waals surface area contributed by atoms with Crippen molar-refractivity contribution in [2.75, 3.05) is 33.4 Å². The zero-order chi connectivity index (χ0) is 16.1. The van der Waals surface area contributed by atoms with Crippen LogP contribution < -0.4 is 10.1 Å². The van der Waals surface area contributed by atoms with E-state index in [1.165, 1.54) is 0 Å². The molecule has 1 aromatic rings. The van der Waals surface area contributed by atoms with Crippen molar-refractivity contribution >= 4 is 18.3 Å². The Kier molecular flexibility index (Phi) is 7.34. The Bertz CT molecular complexity index is 535. The molecule has 1 N–H and O–H groups in total. The molecule has 5 nitrogen and oxygen atoms in total. The number of hydrogen-bond acceptors (Lipinski definition) is 4. The highest BCUT2D eigenvalue weighted by molar-refractivity contribution is 5.95. The predicted molar refractivity (Wildman–Crippen MR) is 96.1 cm³/mol. The third-order valence-electron chi connectivity index (χ3n) is 4.62. The van der Waals surface area contributed by atoms with Gasteiger partial charge in [0.05, 0.1) is 6.10 Å². The van der Waals surface area contributed by atoms with Gasteiger partial charge >= 0.3 is 0 Å². The Morgan fingerprint density at radius 3 is 3.00 bits per heavy atom. The van der Waals surface area contributed by atoms with Crippen LogP contribution >= 0.6 is 12.4 Å². The summed E-state index contributed by atoms with van der Waals surface area (Å²) in [7, 11) is 1.93. The highest BCUT2D eigenvalue weighted by Gasteiger charge is 2.29. The Balaban J connectivity index is 0.00000208. The summed E-state index contributed by atoms with van der Waals surface area (Å²) < 4.78 is 11.4. The first-order chi connectivity index (χ1) is 11.3. The highest BCUT2D eigenvalue weighted by atomic mass is 35.5. The van der Waals surface area contributed by atoms with Crippen LogP contribution in [0.2, 0.25) is 0 Å². The zero-order valence-corrected chi connectivity index (χ0v) is 15.0. The van der Waals surface area contributed by atoms with Crippen molar-refractivity contribution in [3.05, 3.63) is 29.8 Å². The molecule has 0 bridgehead atoms. The summed E-state index contributed by atoms with van der Waals surface area (Å²) in [5.41, 5.74) is 0.706. The molecule has 2 heterocycles. The maximum Gasteiger partial charge on any atom is 0.254 e. The highest BCUT2D eigenvalue weighted by Crippen LogP contribution is 2.22. The van der Waals surface area contributed by atoms with Gasteiger partial charge < -0.3 is 19.7 Å². The van der Waals surface area contributed by atoms with Crippen molar-refractivity contribution in [3.63, 3.8) is 0 Å². The lowest BCUT2D eigenvalue weighted by atomic mass is 10.1. The molecule has 0 saturated carbocycles. The summed E-state index contributed by atoms with van der Waals surface area (Å²) in [6, 6.07) is 7.81. The summed E-state index contributed by atoms with van der Waals surface area (Å²) in [5.74, 6) is 0.848. The molecule has 0 aromatic heterocycles. The minimum absolute atomic E-state index is 0. The number of amides is 1. The molecule has 2 atom stereocenters. The van der Waals surface area contributed by atoms with Crippen molar-refractivity contribution < 1.29 is 14.3 Å². The quantitative estimate of drug-likeness (QED) is 0.852. The second-order valence-electron chi connectivity index (χ2n) is 6.33. The molecule has 2 aliphatic heterocycles. The molecule has 0 radical (unpaired) electrons. The molecule has 24 heavy (non-hydrogen) atoms. The van der Waals surface area contributed by atoms with E-state index < -0.39 is 0 Å². The second kappa shape index (κ2) is 9.25. The summed E-state index contributed by atoms with van der Waals surface area (Å²) >= 11 is 0. The van der Waals surface area contributed by atoms with Crippen LogP contribution in [-0.2, 0) is 4.74 Å². The zero-order valence-electron chi connectivity index (χ0n) is 14.2. The topological polar surface area (TPSA) is 50.8 Å². The lowest BCUT2D eigenvalue weighted by molar-refractivity contribution is 0.0676. The molecule has 2 fully saturated rings. The Hall–Kier alpha value is -1.30. The number of nitrogens with one attached hydrogen (secondary N) is 1. The van der Waals surface area contributed by atoms with E-state index in [0.29, 0.717) is 18.2 Å². The first-order valence-corrected chi connectivity index (χ1v) is 8.58. The minimum Gasteiger partial charge on any atom is -0.491 e. The average molecular weight is 355 g/mol. The molecule has 6 heteroatoms. The van der Waals surface area contributed by atoms with E-state index in [-0.39, 0.29) is 24.4 Å². The number of hydrogen-bond donors (Lipinski definition) is 1. The lowest BCUT2D eigenvalue weighted by Crippen LogP contribution is -2.40. The first-order valence-electron chi connectivity index (χ1n) is 8.58.